The smallest absolute Gasteiger partial charge is 0.279 e. The van der Waals surface area contributed by atoms with Gasteiger partial charge in [0.15, 0.2) is 5.75 Å². The summed E-state index contributed by atoms with van der Waals surface area (Å²) >= 11 is 0. The highest BCUT2D eigenvalue weighted by atomic mass is 16.5. The maximum Gasteiger partial charge on any atom is 0.279 e. The molecule has 0 aromatic heterocycles. The number of para-hydroxylation sites is 1. The Morgan fingerprint density at radius 1 is 1.23 bits per heavy atom. The van der Waals surface area contributed by atoms with E-state index in [0.717, 1.165) is 4.90 Å². The summed E-state index contributed by atoms with van der Waals surface area (Å²) in [5.74, 6) is -1.72. The van der Waals surface area contributed by atoms with Gasteiger partial charge in [-0.2, -0.15) is 0 Å². The van der Waals surface area contributed by atoms with E-state index in [4.69, 9.17) is 4.74 Å². The van der Waals surface area contributed by atoms with E-state index >= 15 is 0 Å². The maximum atomic E-state index is 12.4. The van der Waals surface area contributed by atoms with E-state index in [2.05, 4.69) is 10.6 Å². The molecule has 3 N–H and O–H groups in total. The molecule has 1 aliphatic heterocycles. The number of methoxy groups -OCH3 is 1. The van der Waals surface area contributed by atoms with Crippen LogP contribution in [-0.2, 0) is 14.3 Å². The molecule has 0 saturated carbocycles. The highest BCUT2D eigenvalue weighted by molar-refractivity contribution is 6.20. The molecule has 0 unspecified atom stereocenters. The van der Waals surface area contributed by atoms with Crippen LogP contribution in [0.25, 0.3) is 0 Å². The van der Waals surface area contributed by atoms with Gasteiger partial charge >= 0.3 is 0 Å². The lowest BCUT2D eigenvalue weighted by Crippen LogP contribution is -2.30. The normalized spacial score (nSPS) is 14.1. The highest BCUT2D eigenvalue weighted by Gasteiger charge is 2.36. The first-order chi connectivity index (χ1) is 12.3. The van der Waals surface area contributed by atoms with Gasteiger partial charge in [0.2, 0.25) is 0 Å². The number of imide groups is 1. The number of ether oxygens (including phenoxy) is 1. The van der Waals surface area contributed by atoms with Gasteiger partial charge in [-0.3, -0.25) is 19.3 Å². The van der Waals surface area contributed by atoms with Crippen LogP contribution in [0, 0.1) is 0 Å². The number of benzene rings is 1. The van der Waals surface area contributed by atoms with E-state index in [1.54, 1.807) is 20.2 Å². The number of hydrogen-bond donors (Lipinski definition) is 3. The number of amides is 3. The van der Waals surface area contributed by atoms with Gasteiger partial charge in [-0.15, -0.1) is 0 Å². The Bertz CT molecular complexity index is 772. The fourth-order valence-corrected chi connectivity index (χ4v) is 2.39. The zero-order chi connectivity index (χ0) is 19.4. The zero-order valence-corrected chi connectivity index (χ0v) is 15.1. The summed E-state index contributed by atoms with van der Waals surface area (Å²) in [7, 11) is 6.02. The summed E-state index contributed by atoms with van der Waals surface area (Å²) in [5.41, 5.74) is 0.312. The van der Waals surface area contributed by atoms with Crippen molar-refractivity contribution in [3.8, 4) is 5.75 Å². The molecule has 3 amide bonds. The number of likely N-dealkylation sites (N-methyl/N-ethyl adjacent to an activating group) is 1. The molecular formula is C17H22N4O5. The van der Waals surface area contributed by atoms with Gasteiger partial charge < -0.3 is 25.4 Å². The number of rotatable bonds is 7. The summed E-state index contributed by atoms with van der Waals surface area (Å²) in [4.78, 5) is 39.0. The monoisotopic (exact) mass is 362 g/mol. The molecule has 140 valence electrons. The molecule has 0 atom stereocenters. The third kappa shape index (κ3) is 3.62. The lowest BCUT2D eigenvalue weighted by molar-refractivity contribution is -0.136. The molecule has 1 heterocycles. The number of nitrogens with zero attached hydrogens (tertiary/aromatic N) is 2. The van der Waals surface area contributed by atoms with Crippen LogP contribution in [0.1, 0.15) is 10.4 Å². The first-order valence-electron chi connectivity index (χ1n) is 7.89. The topological polar surface area (TPSA) is 111 Å². The second-order valence-corrected chi connectivity index (χ2v) is 5.87. The van der Waals surface area contributed by atoms with Crippen molar-refractivity contribution in [3.05, 3.63) is 35.2 Å². The van der Waals surface area contributed by atoms with Gasteiger partial charge in [0.1, 0.15) is 11.4 Å². The van der Waals surface area contributed by atoms with Crippen LogP contribution in [0.15, 0.2) is 29.6 Å². The highest BCUT2D eigenvalue weighted by Crippen LogP contribution is 2.31. The Morgan fingerprint density at radius 2 is 1.88 bits per heavy atom. The van der Waals surface area contributed by atoms with Crippen LogP contribution >= 0.6 is 0 Å². The Labute approximate surface area is 151 Å². The SMILES string of the molecule is COCCNC1=C(Nc2cccc(C(=O)N(C)C)c2O)C(=O)N(C)C1=O. The van der Waals surface area contributed by atoms with Gasteiger partial charge in [-0.05, 0) is 12.1 Å². The minimum absolute atomic E-state index is 0.00152. The van der Waals surface area contributed by atoms with E-state index in [1.165, 1.54) is 31.2 Å². The molecule has 9 heteroatoms. The van der Waals surface area contributed by atoms with Gasteiger partial charge in [-0.1, -0.05) is 6.07 Å². The van der Waals surface area contributed by atoms with Crippen molar-refractivity contribution in [1.29, 1.82) is 0 Å². The molecule has 1 aromatic carbocycles. The number of phenols is 1. The standard InChI is InChI=1S/C17H22N4O5/c1-20(2)15(23)10-6-5-7-11(14(10)22)19-13-12(18-8-9-26-4)16(24)21(3)17(13)25/h5-7,18-19,22H,8-9H2,1-4H3. The minimum Gasteiger partial charge on any atom is -0.505 e. The third-order valence-corrected chi connectivity index (χ3v) is 3.83. The first kappa shape index (κ1) is 19.3. The molecule has 0 saturated heterocycles. The Balaban J connectivity index is 2.38. The Kier molecular flexibility index (Phi) is 5.83. The summed E-state index contributed by atoms with van der Waals surface area (Å²) in [6.45, 7) is 0.676. The predicted molar refractivity (Wildman–Crippen MR) is 94.4 cm³/mol. The van der Waals surface area contributed by atoms with Crippen LogP contribution in [0.3, 0.4) is 0 Å². The fraction of sp³-hybridized carbons (Fsp3) is 0.353. The van der Waals surface area contributed by atoms with Crippen LogP contribution in [0.4, 0.5) is 5.69 Å². The molecule has 0 fully saturated rings. The molecule has 26 heavy (non-hydrogen) atoms. The van der Waals surface area contributed by atoms with Crippen molar-refractivity contribution in [3.63, 3.8) is 0 Å². The Hall–Kier alpha value is -3.07. The van der Waals surface area contributed by atoms with Crippen LogP contribution < -0.4 is 10.6 Å². The average molecular weight is 362 g/mol. The van der Waals surface area contributed by atoms with Gasteiger partial charge in [0.25, 0.3) is 17.7 Å². The second kappa shape index (κ2) is 7.87. The summed E-state index contributed by atoms with van der Waals surface area (Å²) in [6.07, 6.45) is 0. The maximum absolute atomic E-state index is 12.4. The van der Waals surface area contributed by atoms with Crippen molar-refractivity contribution in [2.45, 2.75) is 0 Å². The average Bonchev–Trinajstić information content (AvgIpc) is 2.81. The summed E-state index contributed by atoms with van der Waals surface area (Å²) < 4.78 is 4.93. The van der Waals surface area contributed by atoms with E-state index in [9.17, 15) is 19.5 Å². The number of carbonyl (C=O) groups is 3. The van der Waals surface area contributed by atoms with Crippen molar-refractivity contribution >= 4 is 23.4 Å². The molecule has 9 nitrogen and oxygen atoms in total. The minimum atomic E-state index is -0.543. The molecule has 1 aliphatic rings. The number of hydrogen-bond acceptors (Lipinski definition) is 7. The van der Waals surface area contributed by atoms with Crippen LogP contribution in [-0.4, -0.2) is 74.0 Å². The quantitative estimate of drug-likeness (QED) is 0.354. The number of carbonyl (C=O) groups excluding carboxylic acids is 3. The van der Waals surface area contributed by atoms with Crippen LogP contribution in [0.5, 0.6) is 5.75 Å². The van der Waals surface area contributed by atoms with Crippen molar-refractivity contribution in [1.82, 2.24) is 15.1 Å². The molecule has 0 spiro atoms. The predicted octanol–water partition coefficient (Wildman–Crippen LogP) is -0.0479. The van der Waals surface area contributed by atoms with E-state index in [0.29, 0.717) is 13.2 Å². The van der Waals surface area contributed by atoms with Crippen molar-refractivity contribution in [2.75, 3.05) is 46.7 Å². The number of aromatic hydroxyl groups is 1. The van der Waals surface area contributed by atoms with E-state index in [1.807, 2.05) is 0 Å². The van der Waals surface area contributed by atoms with Gasteiger partial charge in [0.05, 0.1) is 17.9 Å². The Morgan fingerprint density at radius 3 is 2.50 bits per heavy atom. The van der Waals surface area contributed by atoms with Gasteiger partial charge in [-0.25, -0.2) is 0 Å². The van der Waals surface area contributed by atoms with Gasteiger partial charge in [0, 0.05) is 34.8 Å². The van der Waals surface area contributed by atoms with E-state index < -0.39 is 11.8 Å². The lowest BCUT2D eigenvalue weighted by atomic mass is 10.1. The van der Waals surface area contributed by atoms with Crippen LogP contribution in [0.2, 0.25) is 0 Å². The van der Waals surface area contributed by atoms with E-state index in [-0.39, 0.29) is 34.3 Å². The zero-order valence-electron chi connectivity index (χ0n) is 15.1. The van der Waals surface area contributed by atoms with Crippen molar-refractivity contribution in [2.24, 2.45) is 0 Å². The number of phenolic OH excluding ortho intramolecular Hbond substituents is 1. The first-order valence-corrected chi connectivity index (χ1v) is 7.89. The summed E-state index contributed by atoms with van der Waals surface area (Å²) in [5, 5.41) is 16.0. The number of anilines is 1. The number of nitrogens with one attached hydrogen (secondary N) is 2. The largest absolute Gasteiger partial charge is 0.505 e. The fourth-order valence-electron chi connectivity index (χ4n) is 2.39. The molecule has 2 rings (SSSR count). The lowest BCUT2D eigenvalue weighted by Gasteiger charge is -2.15. The summed E-state index contributed by atoms with van der Waals surface area (Å²) in [6, 6.07) is 4.56. The van der Waals surface area contributed by atoms with Crippen molar-refractivity contribution < 1.29 is 24.2 Å². The molecule has 0 bridgehead atoms. The molecular weight excluding hydrogens is 340 g/mol. The molecule has 0 aliphatic carbocycles. The third-order valence-electron chi connectivity index (χ3n) is 3.83. The molecule has 0 radical (unpaired) electrons. The second-order valence-electron chi connectivity index (χ2n) is 5.87. The molecule has 1 aromatic rings.